The summed E-state index contributed by atoms with van der Waals surface area (Å²) in [7, 11) is 0. The van der Waals surface area contributed by atoms with Crippen LogP contribution in [0, 0.1) is 0 Å². The first kappa shape index (κ1) is 18.6. The molecule has 0 saturated heterocycles. The zero-order chi connectivity index (χ0) is 19.2. The van der Waals surface area contributed by atoms with Gasteiger partial charge in [-0.25, -0.2) is 9.78 Å². The monoisotopic (exact) mass is 380 g/mol. The van der Waals surface area contributed by atoms with Crippen molar-refractivity contribution in [2.24, 2.45) is 0 Å². The second-order valence-corrected chi connectivity index (χ2v) is 6.39. The van der Waals surface area contributed by atoms with Crippen LogP contribution in [-0.4, -0.2) is 28.0 Å². The minimum atomic E-state index is -1.11. The van der Waals surface area contributed by atoms with Crippen LogP contribution < -0.4 is 5.32 Å². The molecule has 0 bridgehead atoms. The highest BCUT2D eigenvalue weighted by Gasteiger charge is 2.21. The SMILES string of the molecule is O=C(N[C@H](Cc1ccc(Cl)nc1)C(=O)O)c1ccc(-c2ccccc2)cc1. The lowest BCUT2D eigenvalue weighted by atomic mass is 10.0. The Hall–Kier alpha value is -3.18. The summed E-state index contributed by atoms with van der Waals surface area (Å²) in [6, 6.07) is 19.0. The second kappa shape index (κ2) is 8.47. The number of nitrogens with zero attached hydrogens (tertiary/aromatic N) is 1. The highest BCUT2D eigenvalue weighted by molar-refractivity contribution is 6.29. The van der Waals surface area contributed by atoms with Crippen LogP contribution >= 0.6 is 11.6 Å². The molecule has 0 radical (unpaired) electrons. The van der Waals surface area contributed by atoms with Gasteiger partial charge in [0.25, 0.3) is 5.91 Å². The van der Waals surface area contributed by atoms with E-state index in [0.29, 0.717) is 16.3 Å². The first-order valence-electron chi connectivity index (χ1n) is 8.32. The van der Waals surface area contributed by atoms with E-state index in [1.807, 2.05) is 42.5 Å². The number of nitrogens with one attached hydrogen (secondary N) is 1. The molecule has 0 spiro atoms. The van der Waals surface area contributed by atoms with E-state index in [9.17, 15) is 14.7 Å². The number of hydrogen-bond acceptors (Lipinski definition) is 3. The van der Waals surface area contributed by atoms with E-state index >= 15 is 0 Å². The van der Waals surface area contributed by atoms with Gasteiger partial charge in [0.2, 0.25) is 0 Å². The lowest BCUT2D eigenvalue weighted by Gasteiger charge is -2.15. The minimum absolute atomic E-state index is 0.118. The highest BCUT2D eigenvalue weighted by Crippen LogP contribution is 2.19. The summed E-state index contributed by atoms with van der Waals surface area (Å²) in [5.41, 5.74) is 3.10. The number of aromatic nitrogens is 1. The van der Waals surface area contributed by atoms with Crippen molar-refractivity contribution >= 4 is 23.5 Å². The molecule has 1 amide bonds. The average Bonchev–Trinajstić information content (AvgIpc) is 2.69. The quantitative estimate of drug-likeness (QED) is 0.637. The highest BCUT2D eigenvalue weighted by atomic mass is 35.5. The van der Waals surface area contributed by atoms with Crippen molar-refractivity contribution in [3.05, 3.63) is 89.2 Å². The van der Waals surface area contributed by atoms with E-state index in [2.05, 4.69) is 10.3 Å². The lowest BCUT2D eigenvalue weighted by Crippen LogP contribution is -2.42. The number of hydrogen-bond donors (Lipinski definition) is 2. The molecule has 0 aliphatic rings. The third kappa shape index (κ3) is 4.92. The first-order chi connectivity index (χ1) is 13.0. The Labute approximate surface area is 161 Å². The number of carbonyl (C=O) groups is 2. The number of benzene rings is 2. The molecule has 3 rings (SSSR count). The summed E-state index contributed by atoms with van der Waals surface area (Å²) in [6.07, 6.45) is 1.62. The second-order valence-electron chi connectivity index (χ2n) is 6.00. The molecule has 1 atom stereocenters. The Kier molecular flexibility index (Phi) is 5.84. The van der Waals surface area contributed by atoms with Gasteiger partial charge in [0.05, 0.1) is 0 Å². The fourth-order valence-corrected chi connectivity index (χ4v) is 2.76. The van der Waals surface area contributed by atoms with Crippen LogP contribution in [0.3, 0.4) is 0 Å². The molecule has 0 saturated carbocycles. The summed E-state index contributed by atoms with van der Waals surface area (Å²) in [5.74, 6) is -1.55. The number of pyridine rings is 1. The standard InChI is InChI=1S/C21H17ClN2O3/c22-19-11-6-14(13-23-19)12-18(21(26)27)24-20(25)17-9-7-16(8-10-17)15-4-2-1-3-5-15/h1-11,13,18H,12H2,(H,24,25)(H,26,27)/t18-/m1/s1. The molecule has 0 unspecified atom stereocenters. The van der Waals surface area contributed by atoms with Gasteiger partial charge in [0.1, 0.15) is 11.2 Å². The van der Waals surface area contributed by atoms with E-state index in [4.69, 9.17) is 11.6 Å². The van der Waals surface area contributed by atoms with E-state index in [1.165, 1.54) is 6.20 Å². The van der Waals surface area contributed by atoms with Gasteiger partial charge in [-0.05, 0) is 34.9 Å². The van der Waals surface area contributed by atoms with Crippen LogP contribution in [0.2, 0.25) is 5.15 Å². The molecule has 3 aromatic rings. The zero-order valence-electron chi connectivity index (χ0n) is 14.3. The number of aliphatic carboxylic acids is 1. The third-order valence-electron chi connectivity index (χ3n) is 4.09. The molecular weight excluding hydrogens is 364 g/mol. The molecule has 2 N–H and O–H groups in total. The van der Waals surface area contributed by atoms with Gasteiger partial charge in [-0.15, -0.1) is 0 Å². The topological polar surface area (TPSA) is 79.3 Å². The largest absolute Gasteiger partial charge is 0.480 e. The van der Waals surface area contributed by atoms with Crippen molar-refractivity contribution in [2.75, 3.05) is 0 Å². The van der Waals surface area contributed by atoms with Crippen molar-refractivity contribution in [1.82, 2.24) is 10.3 Å². The van der Waals surface area contributed by atoms with E-state index in [-0.39, 0.29) is 6.42 Å². The van der Waals surface area contributed by atoms with Crippen LogP contribution in [0.15, 0.2) is 72.9 Å². The Bertz CT molecular complexity index is 926. The molecule has 1 heterocycles. The molecule has 136 valence electrons. The van der Waals surface area contributed by atoms with Crippen LogP contribution in [0.25, 0.3) is 11.1 Å². The predicted molar refractivity (Wildman–Crippen MR) is 104 cm³/mol. The van der Waals surface area contributed by atoms with Crippen LogP contribution in [0.1, 0.15) is 15.9 Å². The van der Waals surface area contributed by atoms with Gasteiger partial charge in [-0.2, -0.15) is 0 Å². The van der Waals surface area contributed by atoms with Crippen LogP contribution in [0.4, 0.5) is 0 Å². The normalized spacial score (nSPS) is 11.6. The molecule has 0 aliphatic heterocycles. The number of rotatable bonds is 6. The Morgan fingerprint density at radius 3 is 2.22 bits per heavy atom. The van der Waals surface area contributed by atoms with E-state index in [1.54, 1.807) is 24.3 Å². The Morgan fingerprint density at radius 2 is 1.63 bits per heavy atom. The van der Waals surface area contributed by atoms with Crippen LogP contribution in [-0.2, 0) is 11.2 Å². The minimum Gasteiger partial charge on any atom is -0.480 e. The number of halogens is 1. The molecule has 27 heavy (non-hydrogen) atoms. The van der Waals surface area contributed by atoms with Crippen LogP contribution in [0.5, 0.6) is 0 Å². The van der Waals surface area contributed by atoms with Crippen molar-refractivity contribution in [3.63, 3.8) is 0 Å². The number of amides is 1. The van der Waals surface area contributed by atoms with Crippen molar-refractivity contribution in [1.29, 1.82) is 0 Å². The number of carboxylic acid groups (broad SMARTS) is 1. The molecule has 6 heteroatoms. The summed E-state index contributed by atoms with van der Waals surface area (Å²) in [6.45, 7) is 0. The van der Waals surface area contributed by atoms with Gasteiger partial charge in [0, 0.05) is 18.2 Å². The van der Waals surface area contributed by atoms with E-state index < -0.39 is 17.9 Å². The summed E-state index contributed by atoms with van der Waals surface area (Å²) < 4.78 is 0. The summed E-state index contributed by atoms with van der Waals surface area (Å²) in [5, 5.41) is 12.3. The zero-order valence-corrected chi connectivity index (χ0v) is 15.1. The molecule has 0 aliphatic carbocycles. The molecule has 0 fully saturated rings. The first-order valence-corrected chi connectivity index (χ1v) is 8.70. The van der Waals surface area contributed by atoms with Gasteiger partial charge in [-0.1, -0.05) is 60.1 Å². The predicted octanol–water partition coefficient (Wildman–Crippen LogP) is 3.83. The van der Waals surface area contributed by atoms with Gasteiger partial charge >= 0.3 is 5.97 Å². The van der Waals surface area contributed by atoms with Gasteiger partial charge in [0.15, 0.2) is 0 Å². The molecule has 2 aromatic carbocycles. The Morgan fingerprint density at radius 1 is 0.963 bits per heavy atom. The van der Waals surface area contributed by atoms with Gasteiger partial charge < -0.3 is 10.4 Å². The fraction of sp³-hybridized carbons (Fsp3) is 0.0952. The van der Waals surface area contributed by atoms with Crippen molar-refractivity contribution in [2.45, 2.75) is 12.5 Å². The number of carbonyl (C=O) groups excluding carboxylic acids is 1. The molecule has 1 aromatic heterocycles. The number of carboxylic acids is 1. The Balaban J connectivity index is 1.70. The molecular formula is C21H17ClN2O3. The fourth-order valence-electron chi connectivity index (χ4n) is 2.65. The van der Waals surface area contributed by atoms with Crippen molar-refractivity contribution < 1.29 is 14.7 Å². The lowest BCUT2D eigenvalue weighted by molar-refractivity contribution is -0.139. The summed E-state index contributed by atoms with van der Waals surface area (Å²) in [4.78, 5) is 27.9. The molecule has 5 nitrogen and oxygen atoms in total. The maximum Gasteiger partial charge on any atom is 0.326 e. The maximum atomic E-state index is 12.4. The van der Waals surface area contributed by atoms with Crippen molar-refractivity contribution in [3.8, 4) is 11.1 Å². The smallest absolute Gasteiger partial charge is 0.326 e. The van der Waals surface area contributed by atoms with Gasteiger partial charge in [-0.3, -0.25) is 4.79 Å². The average molecular weight is 381 g/mol. The summed E-state index contributed by atoms with van der Waals surface area (Å²) >= 11 is 5.73. The third-order valence-corrected chi connectivity index (χ3v) is 4.31. The van der Waals surface area contributed by atoms with E-state index in [0.717, 1.165) is 11.1 Å². The maximum absolute atomic E-state index is 12.4.